The molecule has 1 aromatic heterocycles. The van der Waals surface area contributed by atoms with Crippen LogP contribution in [0.4, 0.5) is 0 Å². The molecular weight excluding hydrogens is 430 g/mol. The Bertz CT molecular complexity index is 1170. The zero-order chi connectivity index (χ0) is 23.1. The quantitative estimate of drug-likeness (QED) is 0.265. The van der Waals surface area contributed by atoms with E-state index < -0.39 is 5.97 Å². The van der Waals surface area contributed by atoms with Crippen molar-refractivity contribution in [2.24, 2.45) is 0 Å². The number of benzene rings is 2. The highest BCUT2D eigenvalue weighted by Crippen LogP contribution is 2.36. The molecule has 0 saturated carbocycles. The third kappa shape index (κ3) is 4.98. The Hall–Kier alpha value is -3.64. The van der Waals surface area contributed by atoms with Crippen molar-refractivity contribution in [2.75, 3.05) is 20.8 Å². The van der Waals surface area contributed by atoms with E-state index in [1.54, 1.807) is 61.7 Å². The average Bonchev–Trinajstić information content (AvgIpc) is 2.82. The standard InChI is InChI=1S/C25H22ClNO5/c1-4-32-23(28)13-12-21-18(8-6-14-27-21)17-11-10-16(26)15-20(17)24(29)19-7-5-9-22(30-2)25(19)31-3/h5-15H,4H2,1-3H3/b13-12+. The lowest BCUT2D eigenvalue weighted by molar-refractivity contribution is -0.137. The number of halogens is 1. The maximum Gasteiger partial charge on any atom is 0.330 e. The summed E-state index contributed by atoms with van der Waals surface area (Å²) in [4.78, 5) is 29.7. The van der Waals surface area contributed by atoms with E-state index >= 15 is 0 Å². The zero-order valence-corrected chi connectivity index (χ0v) is 18.7. The van der Waals surface area contributed by atoms with E-state index in [-0.39, 0.29) is 12.4 Å². The van der Waals surface area contributed by atoms with E-state index in [0.29, 0.717) is 44.5 Å². The van der Waals surface area contributed by atoms with Gasteiger partial charge in [0.1, 0.15) is 0 Å². The molecule has 3 rings (SSSR count). The zero-order valence-electron chi connectivity index (χ0n) is 17.9. The van der Waals surface area contributed by atoms with Crippen molar-refractivity contribution < 1.29 is 23.8 Å². The highest BCUT2D eigenvalue weighted by Gasteiger charge is 2.22. The number of carbonyl (C=O) groups is 2. The number of methoxy groups -OCH3 is 2. The number of hydrogen-bond donors (Lipinski definition) is 0. The van der Waals surface area contributed by atoms with E-state index in [2.05, 4.69) is 4.98 Å². The third-order valence-corrected chi connectivity index (χ3v) is 4.90. The van der Waals surface area contributed by atoms with Crippen LogP contribution in [0, 0.1) is 0 Å². The minimum Gasteiger partial charge on any atom is -0.493 e. The minimum absolute atomic E-state index is 0.274. The van der Waals surface area contributed by atoms with Crippen LogP contribution in [0.1, 0.15) is 28.5 Å². The first kappa shape index (κ1) is 23.0. The molecule has 164 valence electrons. The van der Waals surface area contributed by atoms with Crippen LogP contribution in [0.3, 0.4) is 0 Å². The van der Waals surface area contributed by atoms with E-state index in [9.17, 15) is 9.59 Å². The molecule has 0 aliphatic carbocycles. The van der Waals surface area contributed by atoms with Gasteiger partial charge in [-0.2, -0.15) is 0 Å². The van der Waals surface area contributed by atoms with Gasteiger partial charge < -0.3 is 14.2 Å². The molecule has 0 unspecified atom stereocenters. The van der Waals surface area contributed by atoms with E-state index in [1.807, 2.05) is 6.07 Å². The van der Waals surface area contributed by atoms with Crippen molar-refractivity contribution in [3.63, 3.8) is 0 Å². The Morgan fingerprint density at radius 1 is 1.00 bits per heavy atom. The van der Waals surface area contributed by atoms with E-state index in [4.69, 9.17) is 25.8 Å². The van der Waals surface area contributed by atoms with Crippen molar-refractivity contribution >= 4 is 29.4 Å². The van der Waals surface area contributed by atoms with Crippen LogP contribution in [0.5, 0.6) is 11.5 Å². The molecule has 0 amide bonds. The molecule has 0 atom stereocenters. The summed E-state index contributed by atoms with van der Waals surface area (Å²) in [6.07, 6.45) is 4.47. The first-order chi connectivity index (χ1) is 15.5. The molecule has 0 aliphatic heterocycles. The number of carbonyl (C=O) groups excluding carboxylic acids is 2. The third-order valence-electron chi connectivity index (χ3n) is 4.67. The molecule has 1 heterocycles. The van der Waals surface area contributed by atoms with Crippen molar-refractivity contribution in [3.8, 4) is 22.6 Å². The highest BCUT2D eigenvalue weighted by atomic mass is 35.5. The van der Waals surface area contributed by atoms with Crippen LogP contribution >= 0.6 is 11.6 Å². The molecule has 3 aromatic rings. The lowest BCUT2D eigenvalue weighted by atomic mass is 9.92. The molecule has 2 aromatic carbocycles. The van der Waals surface area contributed by atoms with Crippen LogP contribution in [-0.2, 0) is 9.53 Å². The van der Waals surface area contributed by atoms with Crippen molar-refractivity contribution in [2.45, 2.75) is 6.92 Å². The number of nitrogens with zero attached hydrogens (tertiary/aromatic N) is 1. The smallest absolute Gasteiger partial charge is 0.330 e. The second-order valence-electron chi connectivity index (χ2n) is 6.58. The highest BCUT2D eigenvalue weighted by molar-refractivity contribution is 6.31. The number of ether oxygens (including phenoxy) is 3. The minimum atomic E-state index is -0.474. The van der Waals surface area contributed by atoms with Gasteiger partial charge in [0, 0.05) is 28.4 Å². The predicted octanol–water partition coefficient (Wildman–Crippen LogP) is 5.23. The topological polar surface area (TPSA) is 74.7 Å². The van der Waals surface area contributed by atoms with Gasteiger partial charge in [0.05, 0.1) is 32.1 Å². The maximum atomic E-state index is 13.6. The van der Waals surface area contributed by atoms with Crippen molar-refractivity contribution in [1.29, 1.82) is 0 Å². The summed E-state index contributed by atoms with van der Waals surface area (Å²) >= 11 is 6.25. The number of para-hydroxylation sites is 1. The number of pyridine rings is 1. The van der Waals surface area contributed by atoms with Crippen LogP contribution in [0.25, 0.3) is 17.2 Å². The van der Waals surface area contributed by atoms with Crippen LogP contribution in [0.15, 0.2) is 60.8 Å². The predicted molar refractivity (Wildman–Crippen MR) is 123 cm³/mol. The maximum absolute atomic E-state index is 13.6. The van der Waals surface area contributed by atoms with Crippen LogP contribution in [-0.4, -0.2) is 37.6 Å². The van der Waals surface area contributed by atoms with Gasteiger partial charge in [-0.05, 0) is 48.9 Å². The van der Waals surface area contributed by atoms with Gasteiger partial charge in [-0.1, -0.05) is 29.8 Å². The van der Waals surface area contributed by atoms with Gasteiger partial charge in [0.15, 0.2) is 17.3 Å². The molecule has 0 spiro atoms. The molecule has 0 N–H and O–H groups in total. The molecule has 0 bridgehead atoms. The summed E-state index contributed by atoms with van der Waals surface area (Å²) in [5.74, 6) is 0.0148. The Balaban J connectivity index is 2.14. The fourth-order valence-electron chi connectivity index (χ4n) is 3.27. The monoisotopic (exact) mass is 451 g/mol. The summed E-state index contributed by atoms with van der Waals surface area (Å²) < 4.78 is 15.7. The number of esters is 1. The Kier molecular flexibility index (Phi) is 7.63. The van der Waals surface area contributed by atoms with E-state index in [0.717, 1.165) is 0 Å². The number of hydrogen-bond acceptors (Lipinski definition) is 6. The Morgan fingerprint density at radius 3 is 2.53 bits per heavy atom. The Morgan fingerprint density at radius 2 is 1.81 bits per heavy atom. The molecule has 0 saturated heterocycles. The second kappa shape index (κ2) is 10.6. The molecule has 0 aliphatic rings. The van der Waals surface area contributed by atoms with Crippen LogP contribution in [0.2, 0.25) is 5.02 Å². The number of aromatic nitrogens is 1. The molecule has 6 nitrogen and oxygen atoms in total. The fourth-order valence-corrected chi connectivity index (χ4v) is 3.44. The summed E-state index contributed by atoms with van der Waals surface area (Å²) in [6.45, 7) is 2.01. The summed E-state index contributed by atoms with van der Waals surface area (Å²) in [7, 11) is 2.99. The van der Waals surface area contributed by atoms with Gasteiger partial charge in [-0.15, -0.1) is 0 Å². The summed E-state index contributed by atoms with van der Waals surface area (Å²) in [5.41, 5.74) is 2.48. The molecule has 32 heavy (non-hydrogen) atoms. The van der Waals surface area contributed by atoms with Crippen molar-refractivity contribution in [1.82, 2.24) is 4.98 Å². The summed E-state index contributed by atoms with van der Waals surface area (Å²) in [5, 5.41) is 0.409. The first-order valence-corrected chi connectivity index (χ1v) is 10.2. The Labute approximate surface area is 191 Å². The van der Waals surface area contributed by atoms with Gasteiger partial charge in [0.2, 0.25) is 0 Å². The summed E-state index contributed by atoms with van der Waals surface area (Å²) in [6, 6.07) is 13.7. The lowest BCUT2D eigenvalue weighted by Gasteiger charge is -2.15. The molecule has 7 heteroatoms. The lowest BCUT2D eigenvalue weighted by Crippen LogP contribution is -2.07. The second-order valence-corrected chi connectivity index (χ2v) is 7.02. The van der Waals surface area contributed by atoms with Gasteiger partial charge in [-0.25, -0.2) is 4.79 Å². The SMILES string of the molecule is CCOC(=O)/C=C/c1ncccc1-c1ccc(Cl)cc1C(=O)c1cccc(OC)c1OC. The first-order valence-electron chi connectivity index (χ1n) is 9.85. The number of rotatable bonds is 8. The van der Waals surface area contributed by atoms with Gasteiger partial charge in [0.25, 0.3) is 0 Å². The van der Waals surface area contributed by atoms with E-state index in [1.165, 1.54) is 20.3 Å². The molecule has 0 fully saturated rings. The van der Waals surface area contributed by atoms with Crippen LogP contribution < -0.4 is 9.47 Å². The fraction of sp³-hybridized carbons (Fsp3) is 0.160. The normalized spacial score (nSPS) is 10.8. The molecule has 0 radical (unpaired) electrons. The van der Waals surface area contributed by atoms with Gasteiger partial charge in [-0.3, -0.25) is 9.78 Å². The van der Waals surface area contributed by atoms with Gasteiger partial charge >= 0.3 is 5.97 Å². The van der Waals surface area contributed by atoms with Crippen molar-refractivity contribution in [3.05, 3.63) is 82.6 Å². The average molecular weight is 452 g/mol. The largest absolute Gasteiger partial charge is 0.493 e. The number of ketones is 1. The molecular formula is C25H22ClNO5.